The van der Waals surface area contributed by atoms with Gasteiger partial charge in [0.2, 0.25) is 6.29 Å². The number of pyridine rings is 1. The molecule has 1 atom stereocenters. The molecule has 0 fully saturated rings. The summed E-state index contributed by atoms with van der Waals surface area (Å²) in [4.78, 5) is 23.8. The Morgan fingerprint density at radius 1 is 1.14 bits per heavy atom. The molecule has 0 bridgehead atoms. The Bertz CT molecular complexity index is 1080. The van der Waals surface area contributed by atoms with Crippen molar-refractivity contribution in [1.82, 2.24) is 4.57 Å². The third-order valence-electron chi connectivity index (χ3n) is 4.48. The molecule has 0 N–H and O–H groups in total. The first kappa shape index (κ1) is 18.9. The molecule has 7 heteroatoms. The number of carbonyl (C=O) groups is 1. The lowest BCUT2D eigenvalue weighted by Gasteiger charge is -2.28. The lowest BCUT2D eigenvalue weighted by molar-refractivity contribution is -0.146. The minimum absolute atomic E-state index is 0.174. The highest BCUT2D eigenvalue weighted by Gasteiger charge is 2.25. The Balaban J connectivity index is 1.50. The summed E-state index contributed by atoms with van der Waals surface area (Å²) in [6.07, 6.45) is 0.866. The second kappa shape index (κ2) is 8.28. The number of ether oxygens (including phenoxy) is 3. The van der Waals surface area contributed by atoms with Gasteiger partial charge in [0, 0.05) is 29.0 Å². The molecule has 6 nitrogen and oxygen atoms in total. The molecule has 1 aliphatic heterocycles. The highest BCUT2D eigenvalue weighted by atomic mass is 19.1. The monoisotopic (exact) mass is 395 g/mol. The molecule has 4 rings (SSSR count). The van der Waals surface area contributed by atoms with Gasteiger partial charge in [0.15, 0.2) is 0 Å². The number of hydrogen-bond donors (Lipinski definition) is 0. The summed E-state index contributed by atoms with van der Waals surface area (Å²) in [6, 6.07) is 16.6. The number of hydrogen-bond acceptors (Lipinski definition) is 5. The van der Waals surface area contributed by atoms with Crippen LogP contribution in [0.2, 0.25) is 0 Å². The molecule has 0 saturated carbocycles. The fourth-order valence-corrected chi connectivity index (χ4v) is 3.09. The normalized spacial score (nSPS) is 15.3. The molecule has 1 aromatic heterocycles. The molecule has 0 unspecified atom stereocenters. The Morgan fingerprint density at radius 3 is 2.72 bits per heavy atom. The van der Waals surface area contributed by atoms with Crippen LogP contribution in [0.15, 0.2) is 71.7 Å². The van der Waals surface area contributed by atoms with Crippen molar-refractivity contribution in [3.05, 3.63) is 99.7 Å². The highest BCUT2D eigenvalue weighted by molar-refractivity contribution is 5.69. The van der Waals surface area contributed by atoms with E-state index in [-0.39, 0.29) is 25.3 Å². The number of aromatic nitrogens is 1. The van der Waals surface area contributed by atoms with Crippen molar-refractivity contribution < 1.29 is 23.4 Å². The summed E-state index contributed by atoms with van der Waals surface area (Å²) in [5.74, 6) is -0.640. The van der Waals surface area contributed by atoms with Gasteiger partial charge >= 0.3 is 5.97 Å². The van der Waals surface area contributed by atoms with E-state index < -0.39 is 18.1 Å². The molecule has 1 aliphatic rings. The molecular formula is C22H18FNO5. The largest absolute Gasteiger partial charge is 0.460 e. The van der Waals surface area contributed by atoms with Crippen LogP contribution < -0.4 is 10.3 Å². The first-order chi connectivity index (χ1) is 14.1. The second-order valence-electron chi connectivity index (χ2n) is 6.55. The molecule has 2 aromatic carbocycles. The highest BCUT2D eigenvalue weighted by Crippen LogP contribution is 2.36. The Labute approximate surface area is 166 Å². The maximum absolute atomic E-state index is 14.0. The van der Waals surface area contributed by atoms with Gasteiger partial charge in [0.25, 0.3) is 5.56 Å². The van der Waals surface area contributed by atoms with Crippen molar-refractivity contribution in [3.8, 4) is 5.75 Å². The van der Waals surface area contributed by atoms with Crippen molar-refractivity contribution in [3.63, 3.8) is 0 Å². The first-order valence-electron chi connectivity index (χ1n) is 9.06. The topological polar surface area (TPSA) is 66.8 Å². The van der Waals surface area contributed by atoms with Crippen LogP contribution in [0.3, 0.4) is 0 Å². The van der Waals surface area contributed by atoms with E-state index in [4.69, 9.17) is 14.2 Å². The molecule has 148 valence electrons. The van der Waals surface area contributed by atoms with Crippen LogP contribution in [-0.4, -0.2) is 10.5 Å². The zero-order chi connectivity index (χ0) is 20.2. The van der Waals surface area contributed by atoms with Crippen molar-refractivity contribution in [2.24, 2.45) is 0 Å². The third-order valence-corrected chi connectivity index (χ3v) is 4.48. The van der Waals surface area contributed by atoms with Gasteiger partial charge in [0.1, 0.15) is 24.7 Å². The van der Waals surface area contributed by atoms with E-state index in [0.29, 0.717) is 16.9 Å². The lowest BCUT2D eigenvalue weighted by Crippen LogP contribution is -2.24. The average Bonchev–Trinajstić information content (AvgIpc) is 2.74. The molecule has 3 aromatic rings. The lowest BCUT2D eigenvalue weighted by atomic mass is 10.1. The molecule has 0 spiro atoms. The van der Waals surface area contributed by atoms with Crippen LogP contribution in [0.1, 0.15) is 23.0 Å². The van der Waals surface area contributed by atoms with Gasteiger partial charge in [-0.15, -0.1) is 0 Å². The van der Waals surface area contributed by atoms with Gasteiger partial charge in [0.05, 0.1) is 6.61 Å². The summed E-state index contributed by atoms with van der Waals surface area (Å²) < 4.78 is 32.1. The van der Waals surface area contributed by atoms with Crippen LogP contribution in [0.4, 0.5) is 4.39 Å². The number of esters is 1. The Kier molecular flexibility index (Phi) is 5.39. The summed E-state index contributed by atoms with van der Waals surface area (Å²) >= 11 is 0. The number of nitrogens with zero attached hydrogens (tertiary/aromatic N) is 1. The number of rotatable bonds is 5. The Morgan fingerprint density at radius 2 is 1.93 bits per heavy atom. The minimum Gasteiger partial charge on any atom is -0.460 e. The average molecular weight is 395 g/mol. The van der Waals surface area contributed by atoms with Gasteiger partial charge in [-0.05, 0) is 18.2 Å². The zero-order valence-corrected chi connectivity index (χ0v) is 15.4. The molecule has 29 heavy (non-hydrogen) atoms. The SMILES string of the molecule is O=C(Cn1ccccc1=O)OCc1cc(F)cc2c1O[C@@H](c1ccccc1)OC2. The van der Waals surface area contributed by atoms with Crippen LogP contribution in [0.25, 0.3) is 0 Å². The maximum Gasteiger partial charge on any atom is 0.326 e. The van der Waals surface area contributed by atoms with E-state index in [1.807, 2.05) is 30.3 Å². The fourth-order valence-electron chi connectivity index (χ4n) is 3.09. The van der Waals surface area contributed by atoms with Gasteiger partial charge in [-0.2, -0.15) is 0 Å². The van der Waals surface area contributed by atoms with E-state index in [1.165, 1.54) is 29.0 Å². The first-order valence-corrected chi connectivity index (χ1v) is 9.06. The Hall–Kier alpha value is -3.45. The smallest absolute Gasteiger partial charge is 0.326 e. The van der Waals surface area contributed by atoms with E-state index >= 15 is 0 Å². The van der Waals surface area contributed by atoms with E-state index in [2.05, 4.69) is 0 Å². The third kappa shape index (κ3) is 4.35. The standard InChI is InChI=1S/C22H18FNO5/c23-18-10-16(13-27-20(26)12-24-9-5-4-8-19(24)25)21-17(11-18)14-28-22(29-21)15-6-2-1-3-7-15/h1-11,22H,12-14H2/t22-/m0/s1. The van der Waals surface area contributed by atoms with Gasteiger partial charge in [-0.3, -0.25) is 9.59 Å². The number of halogens is 1. The summed E-state index contributed by atoms with van der Waals surface area (Å²) in [7, 11) is 0. The molecule has 0 amide bonds. The van der Waals surface area contributed by atoms with Crippen LogP contribution in [0.5, 0.6) is 5.75 Å². The van der Waals surface area contributed by atoms with E-state index in [1.54, 1.807) is 12.1 Å². The minimum atomic E-state index is -0.633. The van der Waals surface area contributed by atoms with Crippen LogP contribution in [0, 0.1) is 5.82 Å². The second-order valence-corrected chi connectivity index (χ2v) is 6.55. The predicted octanol–water partition coefficient (Wildman–Crippen LogP) is 3.34. The van der Waals surface area contributed by atoms with E-state index in [9.17, 15) is 14.0 Å². The van der Waals surface area contributed by atoms with Crippen molar-refractivity contribution in [2.45, 2.75) is 26.0 Å². The molecular weight excluding hydrogens is 377 g/mol. The van der Waals surface area contributed by atoms with Crippen LogP contribution >= 0.6 is 0 Å². The van der Waals surface area contributed by atoms with Crippen molar-refractivity contribution in [1.29, 1.82) is 0 Å². The fraction of sp³-hybridized carbons (Fsp3) is 0.182. The van der Waals surface area contributed by atoms with Gasteiger partial charge in [-0.25, -0.2) is 4.39 Å². The van der Waals surface area contributed by atoms with Gasteiger partial charge < -0.3 is 18.8 Å². The van der Waals surface area contributed by atoms with Crippen molar-refractivity contribution in [2.75, 3.05) is 0 Å². The van der Waals surface area contributed by atoms with E-state index in [0.717, 1.165) is 5.56 Å². The quantitative estimate of drug-likeness (QED) is 0.620. The molecule has 0 radical (unpaired) electrons. The van der Waals surface area contributed by atoms with Gasteiger partial charge in [-0.1, -0.05) is 36.4 Å². The summed E-state index contributed by atoms with van der Waals surface area (Å²) in [5.41, 5.74) is 1.47. The molecule has 0 aliphatic carbocycles. The summed E-state index contributed by atoms with van der Waals surface area (Å²) in [5, 5.41) is 0. The molecule has 0 saturated heterocycles. The predicted molar refractivity (Wildman–Crippen MR) is 101 cm³/mol. The summed E-state index contributed by atoms with van der Waals surface area (Å²) in [6.45, 7) is -0.233. The number of benzene rings is 2. The number of fused-ring (bicyclic) bond motifs is 1. The van der Waals surface area contributed by atoms with Crippen molar-refractivity contribution >= 4 is 5.97 Å². The zero-order valence-electron chi connectivity index (χ0n) is 15.4. The van der Waals surface area contributed by atoms with Crippen LogP contribution in [-0.2, 0) is 34.0 Å². The maximum atomic E-state index is 14.0. The number of carbonyl (C=O) groups excluding carboxylic acids is 1. The molecule has 2 heterocycles.